The van der Waals surface area contributed by atoms with Gasteiger partial charge in [-0.25, -0.2) is 0 Å². The fraction of sp³-hybridized carbons (Fsp3) is 0.250. The third-order valence-corrected chi connectivity index (χ3v) is 12.9. The predicted octanol–water partition coefficient (Wildman–Crippen LogP) is 3.66. The van der Waals surface area contributed by atoms with Crippen molar-refractivity contribution < 1.29 is 28.4 Å². The summed E-state index contributed by atoms with van der Waals surface area (Å²) >= 11 is -1.53. The molecule has 92 valence electrons. The average Bonchev–Trinajstić information content (AvgIpc) is 2.47. The second-order valence-corrected chi connectivity index (χ2v) is 13.1. The van der Waals surface area contributed by atoms with Gasteiger partial charge in [-0.1, -0.05) is 0 Å². The summed E-state index contributed by atoms with van der Waals surface area (Å²) in [6.07, 6.45) is -0.269. The van der Waals surface area contributed by atoms with E-state index >= 15 is 0 Å². The van der Waals surface area contributed by atoms with Crippen LogP contribution < -0.4 is 0 Å². The van der Waals surface area contributed by atoms with Crippen LogP contribution in [0.3, 0.4) is 0 Å². The Balaban J connectivity index is 2.03. The van der Waals surface area contributed by atoms with E-state index in [0.29, 0.717) is 9.34 Å². The zero-order valence-electron chi connectivity index (χ0n) is 10.5. The molecule has 5 rings (SSSR count). The SMILES string of the molecule is O[C@H]1C2c3ccccc3C(c3ccccc32)[C@@H]1[Hg][Cl]. The fourth-order valence-electron chi connectivity index (χ4n) is 3.94. The number of aliphatic hydroxyl groups is 1. The zero-order valence-corrected chi connectivity index (χ0v) is 16.7. The summed E-state index contributed by atoms with van der Waals surface area (Å²) in [4.78, 5) is 0. The van der Waals surface area contributed by atoms with Crippen molar-refractivity contribution in [3.63, 3.8) is 0 Å². The second kappa shape index (κ2) is 4.58. The molecule has 1 N–H and O–H groups in total. The average molecular weight is 457 g/mol. The minimum atomic E-state index is -1.53. The predicted molar refractivity (Wildman–Crippen MR) is 72.2 cm³/mol. The van der Waals surface area contributed by atoms with Crippen LogP contribution in [0.5, 0.6) is 0 Å². The number of rotatable bonds is 1. The summed E-state index contributed by atoms with van der Waals surface area (Å²) in [5.74, 6) is 0.479. The molecule has 0 unspecified atom stereocenters. The first kappa shape index (κ1) is 12.4. The van der Waals surface area contributed by atoms with Gasteiger partial charge in [0, 0.05) is 0 Å². The van der Waals surface area contributed by atoms with Crippen molar-refractivity contribution in [2.45, 2.75) is 21.4 Å². The molecular weight excluding hydrogens is 444 g/mol. The molecule has 0 radical (unpaired) electrons. The molecule has 0 saturated carbocycles. The van der Waals surface area contributed by atoms with Crippen LogP contribution in [0.15, 0.2) is 48.5 Å². The van der Waals surface area contributed by atoms with E-state index in [2.05, 4.69) is 48.5 Å². The second-order valence-electron chi connectivity index (χ2n) is 5.52. The molecule has 1 nitrogen and oxygen atoms in total. The summed E-state index contributed by atoms with van der Waals surface area (Å²) < 4.78 is 0.344. The van der Waals surface area contributed by atoms with E-state index in [4.69, 9.17) is 8.25 Å². The van der Waals surface area contributed by atoms with Crippen molar-refractivity contribution in [2.24, 2.45) is 0 Å². The van der Waals surface area contributed by atoms with Gasteiger partial charge in [0.05, 0.1) is 0 Å². The maximum absolute atomic E-state index is 10.7. The number of halogens is 1. The molecule has 0 aliphatic heterocycles. The first-order valence-corrected chi connectivity index (χ1v) is 16.7. The van der Waals surface area contributed by atoms with Crippen molar-refractivity contribution >= 4 is 8.25 Å². The molecule has 0 amide bonds. The zero-order chi connectivity index (χ0) is 13.0. The van der Waals surface area contributed by atoms with Gasteiger partial charge in [-0.05, 0) is 0 Å². The molecule has 0 spiro atoms. The summed E-state index contributed by atoms with van der Waals surface area (Å²) in [6, 6.07) is 17.2. The first-order valence-electron chi connectivity index (χ1n) is 6.74. The van der Waals surface area contributed by atoms with E-state index in [0.717, 1.165) is 0 Å². The molecule has 0 aromatic heterocycles. The van der Waals surface area contributed by atoms with Crippen LogP contribution in [0.1, 0.15) is 34.1 Å². The van der Waals surface area contributed by atoms with Crippen LogP contribution in [0.2, 0.25) is 3.43 Å². The van der Waals surface area contributed by atoms with E-state index in [1.54, 1.807) is 0 Å². The van der Waals surface area contributed by atoms with Gasteiger partial charge in [0.1, 0.15) is 0 Å². The standard InChI is InChI=1S/C16H13O.ClH.Hg/c17-15-9-14-10-5-1-3-7-12(10)16(15)13-8-4-2-6-11(13)14;;/h1-9,14-17H;1H;/q;;+1/p-1/t14?,15-,16?;;/m1../s1. The molecule has 3 aliphatic rings. The molecule has 2 aromatic rings. The third-order valence-electron chi connectivity index (χ3n) is 4.72. The van der Waals surface area contributed by atoms with Crippen molar-refractivity contribution in [3.8, 4) is 0 Å². The Hall–Kier alpha value is -0.375. The van der Waals surface area contributed by atoms with Gasteiger partial charge in [-0.15, -0.1) is 0 Å². The Morgan fingerprint density at radius 3 is 1.63 bits per heavy atom. The summed E-state index contributed by atoms with van der Waals surface area (Å²) in [6.45, 7) is 0. The number of hydrogen-bond acceptors (Lipinski definition) is 1. The summed E-state index contributed by atoms with van der Waals surface area (Å²) in [5, 5.41) is 10.7. The Kier molecular flexibility index (Phi) is 2.98. The fourth-order valence-corrected chi connectivity index (χ4v) is 11.5. The van der Waals surface area contributed by atoms with Crippen LogP contribution in [0, 0.1) is 0 Å². The van der Waals surface area contributed by atoms with Gasteiger partial charge in [-0.2, -0.15) is 0 Å². The van der Waals surface area contributed by atoms with E-state index in [-0.39, 0.29) is 12.0 Å². The number of fused-ring (bicyclic) bond motifs is 1. The maximum atomic E-state index is 10.7. The molecule has 0 fully saturated rings. The molecule has 0 saturated heterocycles. The number of benzene rings is 2. The monoisotopic (exact) mass is 458 g/mol. The normalized spacial score (nSPS) is 30.4. The Morgan fingerprint density at radius 2 is 1.21 bits per heavy atom. The molecular formula is C16H13ClHgO. The first-order chi connectivity index (χ1) is 9.33. The van der Waals surface area contributed by atoms with Crippen LogP contribution in [-0.2, 0) is 23.3 Å². The Bertz CT molecular complexity index is 595. The van der Waals surface area contributed by atoms with Gasteiger partial charge >= 0.3 is 129 Å². The van der Waals surface area contributed by atoms with E-state index in [1.165, 1.54) is 22.3 Å². The molecule has 3 heteroatoms. The molecule has 0 heterocycles. The van der Waals surface area contributed by atoms with Gasteiger partial charge in [0.15, 0.2) is 0 Å². The van der Waals surface area contributed by atoms with Crippen LogP contribution in [-0.4, -0.2) is 11.2 Å². The summed E-state index contributed by atoms with van der Waals surface area (Å²) in [7, 11) is 6.36. The van der Waals surface area contributed by atoms with Crippen molar-refractivity contribution in [3.05, 3.63) is 70.8 Å². The van der Waals surface area contributed by atoms with Gasteiger partial charge in [0.25, 0.3) is 0 Å². The van der Waals surface area contributed by atoms with Crippen molar-refractivity contribution in [1.29, 1.82) is 0 Å². The van der Waals surface area contributed by atoms with Crippen molar-refractivity contribution in [2.75, 3.05) is 0 Å². The van der Waals surface area contributed by atoms with E-state index in [9.17, 15) is 5.11 Å². The molecule has 19 heavy (non-hydrogen) atoms. The summed E-state index contributed by atoms with van der Waals surface area (Å²) in [5.41, 5.74) is 5.44. The molecule has 2 bridgehead atoms. The molecule has 3 aliphatic carbocycles. The van der Waals surface area contributed by atoms with Gasteiger partial charge in [0.2, 0.25) is 0 Å². The quantitative estimate of drug-likeness (QED) is 0.649. The van der Waals surface area contributed by atoms with E-state index in [1.807, 2.05) is 0 Å². The van der Waals surface area contributed by atoms with E-state index < -0.39 is 23.3 Å². The molecule has 2 atom stereocenters. The Labute approximate surface area is 128 Å². The van der Waals surface area contributed by atoms with Crippen LogP contribution in [0.25, 0.3) is 0 Å². The minimum absolute atomic E-state index is 0.140. The number of hydrogen-bond donors (Lipinski definition) is 1. The Morgan fingerprint density at radius 1 is 0.789 bits per heavy atom. The topological polar surface area (TPSA) is 20.2 Å². The van der Waals surface area contributed by atoms with Crippen LogP contribution in [0.4, 0.5) is 0 Å². The number of aliphatic hydroxyl groups excluding tert-OH is 1. The third kappa shape index (κ3) is 1.61. The molecule has 2 aromatic carbocycles. The van der Waals surface area contributed by atoms with Gasteiger partial charge < -0.3 is 0 Å². The van der Waals surface area contributed by atoms with Gasteiger partial charge in [-0.3, -0.25) is 0 Å². The van der Waals surface area contributed by atoms with Crippen molar-refractivity contribution in [1.82, 2.24) is 0 Å². The van der Waals surface area contributed by atoms with Crippen LogP contribution >= 0.6 is 8.25 Å².